The molecule has 1 heterocycles. The van der Waals surface area contributed by atoms with Crippen molar-refractivity contribution < 1.29 is 0 Å². The highest BCUT2D eigenvalue weighted by Crippen LogP contribution is 2.26. The molecule has 1 aromatic heterocycles. The number of para-hydroxylation sites is 1. The Kier molecular flexibility index (Phi) is 2.77. The van der Waals surface area contributed by atoms with Crippen LogP contribution in [0, 0.1) is 6.92 Å². The minimum atomic E-state index is 0.697. The van der Waals surface area contributed by atoms with Gasteiger partial charge in [0.25, 0.3) is 0 Å². The monoisotopic (exact) mass is 253 g/mol. The van der Waals surface area contributed by atoms with Crippen molar-refractivity contribution in [2.75, 3.05) is 0 Å². The van der Waals surface area contributed by atoms with E-state index in [-0.39, 0.29) is 0 Å². The molecular weight excluding hydrogens is 242 g/mol. The molecule has 3 aromatic rings. The van der Waals surface area contributed by atoms with E-state index >= 15 is 0 Å². The van der Waals surface area contributed by atoms with Crippen molar-refractivity contribution in [3.05, 3.63) is 65.3 Å². The Balaban J connectivity index is 2.16. The standard InChI is InChI=1S/C16H12ClN/c1-11-5-7-12(8-6-11)14-9-13-3-2-4-15(17)16(13)18-10-14/h2-10H,1H3. The van der Waals surface area contributed by atoms with Crippen LogP contribution in [-0.2, 0) is 0 Å². The summed E-state index contributed by atoms with van der Waals surface area (Å²) in [5.74, 6) is 0. The van der Waals surface area contributed by atoms with Gasteiger partial charge in [-0.15, -0.1) is 0 Å². The Labute approximate surface area is 111 Å². The van der Waals surface area contributed by atoms with Crippen LogP contribution in [0.4, 0.5) is 0 Å². The molecule has 2 aromatic carbocycles. The van der Waals surface area contributed by atoms with Crippen molar-refractivity contribution in [2.45, 2.75) is 6.92 Å². The fraction of sp³-hybridized carbons (Fsp3) is 0.0625. The first kappa shape index (κ1) is 11.2. The number of rotatable bonds is 1. The number of benzene rings is 2. The second-order valence-electron chi connectivity index (χ2n) is 4.40. The minimum absolute atomic E-state index is 0.697. The van der Waals surface area contributed by atoms with E-state index in [0.717, 1.165) is 16.5 Å². The number of fused-ring (bicyclic) bond motifs is 1. The number of nitrogens with zero attached hydrogens (tertiary/aromatic N) is 1. The van der Waals surface area contributed by atoms with Gasteiger partial charge in [-0.25, -0.2) is 0 Å². The summed E-state index contributed by atoms with van der Waals surface area (Å²) in [6.07, 6.45) is 1.87. The molecule has 3 rings (SSSR count). The molecule has 0 spiro atoms. The lowest BCUT2D eigenvalue weighted by molar-refractivity contribution is 1.40. The molecule has 0 saturated heterocycles. The van der Waals surface area contributed by atoms with Gasteiger partial charge in [-0.2, -0.15) is 0 Å². The SMILES string of the molecule is Cc1ccc(-c2cnc3c(Cl)cccc3c2)cc1. The minimum Gasteiger partial charge on any atom is -0.254 e. The molecule has 2 heteroatoms. The highest BCUT2D eigenvalue weighted by Gasteiger charge is 2.03. The van der Waals surface area contributed by atoms with Crippen molar-refractivity contribution in [3.63, 3.8) is 0 Å². The number of hydrogen-bond acceptors (Lipinski definition) is 1. The van der Waals surface area contributed by atoms with Gasteiger partial charge in [0.1, 0.15) is 0 Å². The van der Waals surface area contributed by atoms with Gasteiger partial charge >= 0.3 is 0 Å². The summed E-state index contributed by atoms with van der Waals surface area (Å²) in [6.45, 7) is 2.09. The summed E-state index contributed by atoms with van der Waals surface area (Å²) in [6, 6.07) is 16.4. The normalized spacial score (nSPS) is 10.8. The van der Waals surface area contributed by atoms with Crippen LogP contribution < -0.4 is 0 Å². The zero-order valence-corrected chi connectivity index (χ0v) is 10.8. The van der Waals surface area contributed by atoms with Crippen LogP contribution >= 0.6 is 11.6 Å². The lowest BCUT2D eigenvalue weighted by atomic mass is 10.0. The first-order valence-electron chi connectivity index (χ1n) is 5.85. The fourth-order valence-corrected chi connectivity index (χ4v) is 2.26. The molecular formula is C16H12ClN. The topological polar surface area (TPSA) is 12.9 Å². The van der Waals surface area contributed by atoms with Gasteiger partial charge in [-0.3, -0.25) is 4.98 Å². The molecule has 0 radical (unpaired) electrons. The van der Waals surface area contributed by atoms with E-state index in [1.807, 2.05) is 24.4 Å². The van der Waals surface area contributed by atoms with E-state index in [4.69, 9.17) is 11.6 Å². The summed E-state index contributed by atoms with van der Waals surface area (Å²) in [5, 5.41) is 1.77. The summed E-state index contributed by atoms with van der Waals surface area (Å²) in [4.78, 5) is 4.45. The van der Waals surface area contributed by atoms with Crippen LogP contribution in [0.25, 0.3) is 22.0 Å². The Bertz CT molecular complexity index is 702. The lowest BCUT2D eigenvalue weighted by Gasteiger charge is -2.05. The number of pyridine rings is 1. The van der Waals surface area contributed by atoms with E-state index in [1.165, 1.54) is 11.1 Å². The maximum absolute atomic E-state index is 6.11. The van der Waals surface area contributed by atoms with Gasteiger partial charge in [0.15, 0.2) is 0 Å². The van der Waals surface area contributed by atoms with Crippen LogP contribution in [0.15, 0.2) is 54.7 Å². The molecule has 88 valence electrons. The maximum atomic E-state index is 6.11. The molecule has 0 aliphatic rings. The van der Waals surface area contributed by atoms with E-state index in [2.05, 4.69) is 42.2 Å². The van der Waals surface area contributed by atoms with Crippen LogP contribution in [0.1, 0.15) is 5.56 Å². The highest BCUT2D eigenvalue weighted by atomic mass is 35.5. The molecule has 0 saturated carbocycles. The molecule has 18 heavy (non-hydrogen) atoms. The predicted octanol–water partition coefficient (Wildman–Crippen LogP) is 4.86. The first-order chi connectivity index (χ1) is 8.74. The third-order valence-electron chi connectivity index (χ3n) is 3.05. The third kappa shape index (κ3) is 1.98. The zero-order chi connectivity index (χ0) is 12.5. The van der Waals surface area contributed by atoms with Gasteiger partial charge in [-0.1, -0.05) is 53.6 Å². The third-order valence-corrected chi connectivity index (χ3v) is 3.35. The van der Waals surface area contributed by atoms with Gasteiger partial charge in [0.05, 0.1) is 10.5 Å². The van der Waals surface area contributed by atoms with Crippen molar-refractivity contribution >= 4 is 22.5 Å². The number of aryl methyl sites for hydroxylation is 1. The Morgan fingerprint density at radius 2 is 1.72 bits per heavy atom. The van der Waals surface area contributed by atoms with Crippen LogP contribution in [-0.4, -0.2) is 4.98 Å². The number of aromatic nitrogens is 1. The average Bonchev–Trinajstić information content (AvgIpc) is 2.39. The molecule has 0 aliphatic heterocycles. The van der Waals surface area contributed by atoms with E-state index in [1.54, 1.807) is 0 Å². The Morgan fingerprint density at radius 1 is 0.944 bits per heavy atom. The van der Waals surface area contributed by atoms with E-state index < -0.39 is 0 Å². The Hall–Kier alpha value is -1.86. The molecule has 0 N–H and O–H groups in total. The van der Waals surface area contributed by atoms with E-state index in [0.29, 0.717) is 5.02 Å². The smallest absolute Gasteiger partial charge is 0.0888 e. The second-order valence-corrected chi connectivity index (χ2v) is 4.81. The summed E-state index contributed by atoms with van der Waals surface area (Å²) < 4.78 is 0. The fourth-order valence-electron chi connectivity index (χ4n) is 2.03. The van der Waals surface area contributed by atoms with Gasteiger partial charge in [-0.05, 0) is 24.6 Å². The van der Waals surface area contributed by atoms with Gasteiger partial charge in [0.2, 0.25) is 0 Å². The van der Waals surface area contributed by atoms with Crippen molar-refractivity contribution in [2.24, 2.45) is 0 Å². The first-order valence-corrected chi connectivity index (χ1v) is 6.23. The maximum Gasteiger partial charge on any atom is 0.0888 e. The summed E-state index contributed by atoms with van der Waals surface area (Å²) >= 11 is 6.11. The second kappa shape index (κ2) is 4.43. The molecule has 0 unspecified atom stereocenters. The zero-order valence-electron chi connectivity index (χ0n) is 10.0. The van der Waals surface area contributed by atoms with Crippen molar-refractivity contribution in [1.82, 2.24) is 4.98 Å². The quantitative estimate of drug-likeness (QED) is 0.603. The number of halogens is 1. The highest BCUT2D eigenvalue weighted by molar-refractivity contribution is 6.35. The molecule has 0 atom stereocenters. The predicted molar refractivity (Wildman–Crippen MR) is 76.9 cm³/mol. The summed E-state index contributed by atoms with van der Waals surface area (Å²) in [7, 11) is 0. The molecule has 0 bridgehead atoms. The summed E-state index contributed by atoms with van der Waals surface area (Å²) in [5.41, 5.74) is 4.41. The van der Waals surface area contributed by atoms with Crippen molar-refractivity contribution in [1.29, 1.82) is 0 Å². The average molecular weight is 254 g/mol. The molecule has 0 amide bonds. The molecule has 0 fully saturated rings. The largest absolute Gasteiger partial charge is 0.254 e. The van der Waals surface area contributed by atoms with Gasteiger partial charge in [0, 0.05) is 17.1 Å². The Morgan fingerprint density at radius 3 is 2.50 bits per heavy atom. The van der Waals surface area contributed by atoms with Crippen LogP contribution in [0.2, 0.25) is 5.02 Å². The molecule has 1 nitrogen and oxygen atoms in total. The van der Waals surface area contributed by atoms with E-state index in [9.17, 15) is 0 Å². The van der Waals surface area contributed by atoms with Crippen LogP contribution in [0.5, 0.6) is 0 Å². The lowest BCUT2D eigenvalue weighted by Crippen LogP contribution is -1.84. The van der Waals surface area contributed by atoms with Gasteiger partial charge < -0.3 is 0 Å². The van der Waals surface area contributed by atoms with Crippen LogP contribution in [0.3, 0.4) is 0 Å². The number of hydrogen-bond donors (Lipinski definition) is 0. The van der Waals surface area contributed by atoms with Crippen molar-refractivity contribution in [3.8, 4) is 11.1 Å². The molecule has 0 aliphatic carbocycles.